The Morgan fingerprint density at radius 3 is 2.78 bits per heavy atom. The molecule has 1 aromatic carbocycles. The Balaban J connectivity index is 1.40. The van der Waals surface area contributed by atoms with Crippen molar-refractivity contribution in [3.63, 3.8) is 0 Å². The van der Waals surface area contributed by atoms with E-state index in [0.717, 1.165) is 16.1 Å². The van der Waals surface area contributed by atoms with Crippen LogP contribution in [0.3, 0.4) is 0 Å². The first kappa shape index (κ1) is 21.0. The molecule has 0 aliphatic heterocycles. The minimum absolute atomic E-state index is 0.232. The van der Waals surface area contributed by atoms with Crippen LogP contribution in [0.1, 0.15) is 15.9 Å². The van der Waals surface area contributed by atoms with Gasteiger partial charge < -0.3 is 5.32 Å². The number of thiophene rings is 1. The maximum absolute atomic E-state index is 13.0. The van der Waals surface area contributed by atoms with Gasteiger partial charge in [-0.3, -0.25) is 9.48 Å². The number of carbonyl (C=O) groups is 1. The van der Waals surface area contributed by atoms with Gasteiger partial charge in [-0.2, -0.15) is 10.2 Å². The minimum Gasteiger partial charge on any atom is -0.304 e. The highest BCUT2D eigenvalue weighted by molar-refractivity contribution is 7.13. The van der Waals surface area contributed by atoms with E-state index in [1.54, 1.807) is 45.1 Å². The average molecular weight is 504 g/mol. The molecule has 0 bridgehead atoms. The number of nitrogens with zero attached hydrogens (tertiary/aromatic N) is 5. The van der Waals surface area contributed by atoms with Gasteiger partial charge in [0.25, 0.3) is 5.91 Å². The molecule has 4 heterocycles. The molecule has 5 aromatic rings. The van der Waals surface area contributed by atoms with Gasteiger partial charge in [0.2, 0.25) is 0 Å². The molecular weight excluding hydrogens is 491 g/mol. The van der Waals surface area contributed by atoms with Crippen LogP contribution < -0.4 is 5.32 Å². The van der Waals surface area contributed by atoms with Gasteiger partial charge in [-0.25, -0.2) is 9.50 Å². The summed E-state index contributed by atoms with van der Waals surface area (Å²) in [5.41, 5.74) is 2.43. The molecule has 0 aliphatic carbocycles. The standard InChI is InChI=1S/C21H13Cl3N6OS/c22-13-4-3-12(15(23)8-13)10-29-11-16(24)19(28-29)27-21(31)14-9-26-30-17(5-6-25-20(14)30)18-2-1-7-32-18/h1-9,11H,10H2,(H,27,28,31). The van der Waals surface area contributed by atoms with Crippen molar-refractivity contribution in [3.8, 4) is 10.6 Å². The molecule has 0 fully saturated rings. The van der Waals surface area contributed by atoms with Crippen molar-refractivity contribution in [2.75, 3.05) is 5.32 Å². The van der Waals surface area contributed by atoms with Gasteiger partial charge in [-0.15, -0.1) is 11.3 Å². The van der Waals surface area contributed by atoms with Crippen LogP contribution in [0.25, 0.3) is 16.2 Å². The molecule has 0 unspecified atom stereocenters. The molecule has 0 saturated heterocycles. The Hall–Kier alpha value is -2.91. The average Bonchev–Trinajstić information content (AvgIpc) is 3.50. The van der Waals surface area contributed by atoms with Gasteiger partial charge in [0.05, 0.1) is 23.3 Å². The molecule has 0 spiro atoms. The zero-order valence-corrected chi connectivity index (χ0v) is 19.3. The Morgan fingerprint density at radius 1 is 1.12 bits per heavy atom. The van der Waals surface area contributed by atoms with Crippen LogP contribution in [0.4, 0.5) is 5.82 Å². The van der Waals surface area contributed by atoms with E-state index in [9.17, 15) is 4.79 Å². The Kier molecular flexibility index (Phi) is 5.60. The molecule has 0 saturated carbocycles. The lowest BCUT2D eigenvalue weighted by atomic mass is 10.2. The van der Waals surface area contributed by atoms with Crippen LogP contribution in [0.5, 0.6) is 0 Å². The van der Waals surface area contributed by atoms with Gasteiger partial charge in [0.1, 0.15) is 10.6 Å². The minimum atomic E-state index is -0.410. The molecule has 4 aromatic heterocycles. The number of anilines is 1. The first-order valence-corrected chi connectivity index (χ1v) is 11.4. The van der Waals surface area contributed by atoms with Crippen molar-refractivity contribution in [1.82, 2.24) is 24.4 Å². The number of hydrogen-bond donors (Lipinski definition) is 1. The molecule has 32 heavy (non-hydrogen) atoms. The highest BCUT2D eigenvalue weighted by atomic mass is 35.5. The van der Waals surface area contributed by atoms with Gasteiger partial charge >= 0.3 is 0 Å². The molecular formula is C21H13Cl3N6OS. The van der Waals surface area contributed by atoms with Gasteiger partial charge in [0, 0.05) is 22.4 Å². The molecule has 0 aliphatic rings. The molecule has 160 valence electrons. The Morgan fingerprint density at radius 2 is 2.00 bits per heavy atom. The van der Waals surface area contributed by atoms with Crippen molar-refractivity contribution in [3.05, 3.63) is 86.6 Å². The molecule has 0 radical (unpaired) electrons. The number of hydrogen-bond acceptors (Lipinski definition) is 5. The predicted molar refractivity (Wildman–Crippen MR) is 127 cm³/mol. The van der Waals surface area contributed by atoms with E-state index in [2.05, 4.69) is 20.5 Å². The zero-order valence-electron chi connectivity index (χ0n) is 16.2. The molecule has 5 rings (SSSR count). The summed E-state index contributed by atoms with van der Waals surface area (Å²) in [6.07, 6.45) is 4.75. The van der Waals surface area contributed by atoms with Crippen LogP contribution in [0, 0.1) is 0 Å². The third-order valence-electron chi connectivity index (χ3n) is 4.72. The highest BCUT2D eigenvalue weighted by Gasteiger charge is 2.19. The number of aromatic nitrogens is 5. The largest absolute Gasteiger partial charge is 0.304 e. The quantitative estimate of drug-likeness (QED) is 0.323. The van der Waals surface area contributed by atoms with Gasteiger partial charge in [-0.1, -0.05) is 46.9 Å². The van der Waals surface area contributed by atoms with Crippen molar-refractivity contribution in [2.24, 2.45) is 0 Å². The maximum atomic E-state index is 13.0. The monoisotopic (exact) mass is 502 g/mol. The summed E-state index contributed by atoms with van der Waals surface area (Å²) in [6.45, 7) is 0.369. The van der Waals surface area contributed by atoms with Crippen LogP contribution in [0.2, 0.25) is 15.1 Å². The summed E-state index contributed by atoms with van der Waals surface area (Å²) < 4.78 is 3.24. The zero-order chi connectivity index (χ0) is 22.2. The predicted octanol–water partition coefficient (Wildman–Crippen LogP) is 5.92. The highest BCUT2D eigenvalue weighted by Crippen LogP contribution is 2.27. The molecule has 0 atom stereocenters. The lowest BCUT2D eigenvalue weighted by molar-refractivity contribution is 0.102. The van der Waals surface area contributed by atoms with Crippen molar-refractivity contribution < 1.29 is 4.79 Å². The topological polar surface area (TPSA) is 77.1 Å². The van der Waals surface area contributed by atoms with Crippen molar-refractivity contribution in [2.45, 2.75) is 6.54 Å². The fraction of sp³-hybridized carbons (Fsp3) is 0.0476. The Labute approximate surface area is 201 Å². The van der Waals surface area contributed by atoms with E-state index in [1.165, 1.54) is 6.20 Å². The van der Waals surface area contributed by atoms with Gasteiger partial charge in [-0.05, 0) is 35.2 Å². The summed E-state index contributed by atoms with van der Waals surface area (Å²) in [6, 6.07) is 11.0. The molecule has 7 nitrogen and oxygen atoms in total. The Bertz CT molecular complexity index is 1440. The molecule has 1 amide bonds. The number of fused-ring (bicyclic) bond motifs is 1. The lowest BCUT2D eigenvalue weighted by Crippen LogP contribution is -2.13. The van der Waals surface area contributed by atoms with E-state index in [0.29, 0.717) is 32.8 Å². The van der Waals surface area contributed by atoms with Gasteiger partial charge in [0.15, 0.2) is 11.5 Å². The van der Waals surface area contributed by atoms with E-state index >= 15 is 0 Å². The third-order valence-corrected chi connectivity index (χ3v) is 6.47. The summed E-state index contributed by atoms with van der Waals surface area (Å²) in [5.74, 6) is -0.178. The SMILES string of the molecule is O=C(Nc1nn(Cc2ccc(Cl)cc2Cl)cc1Cl)c1cnn2c(-c3cccs3)ccnc12. The first-order chi connectivity index (χ1) is 15.5. The van der Waals surface area contributed by atoms with Crippen molar-refractivity contribution >= 4 is 63.5 Å². The third kappa shape index (κ3) is 3.98. The molecule has 1 N–H and O–H groups in total. The maximum Gasteiger partial charge on any atom is 0.262 e. The molecule has 11 heteroatoms. The number of carbonyl (C=O) groups excluding carboxylic acids is 1. The van der Waals surface area contributed by atoms with Crippen LogP contribution >= 0.6 is 46.1 Å². The number of nitrogens with one attached hydrogen (secondary N) is 1. The van der Waals surface area contributed by atoms with E-state index < -0.39 is 5.91 Å². The second kappa shape index (κ2) is 8.55. The second-order valence-corrected chi connectivity index (χ2v) is 9.01. The summed E-state index contributed by atoms with van der Waals surface area (Å²) in [7, 11) is 0. The number of amides is 1. The van der Waals surface area contributed by atoms with E-state index in [4.69, 9.17) is 34.8 Å². The van der Waals surface area contributed by atoms with E-state index in [-0.39, 0.29) is 5.82 Å². The van der Waals surface area contributed by atoms with Crippen LogP contribution in [0.15, 0.2) is 60.4 Å². The number of benzene rings is 1. The van der Waals surface area contributed by atoms with E-state index in [1.807, 2.05) is 29.6 Å². The van der Waals surface area contributed by atoms with Crippen LogP contribution in [-0.4, -0.2) is 30.3 Å². The number of rotatable bonds is 5. The summed E-state index contributed by atoms with van der Waals surface area (Å²) >= 11 is 20.1. The van der Waals surface area contributed by atoms with Crippen LogP contribution in [-0.2, 0) is 6.54 Å². The number of halogens is 3. The first-order valence-electron chi connectivity index (χ1n) is 9.34. The summed E-state index contributed by atoms with van der Waals surface area (Å²) in [5, 5.41) is 14.8. The van der Waals surface area contributed by atoms with Crippen molar-refractivity contribution in [1.29, 1.82) is 0 Å². The normalized spacial score (nSPS) is 11.2. The fourth-order valence-electron chi connectivity index (χ4n) is 3.22. The smallest absolute Gasteiger partial charge is 0.262 e. The lowest BCUT2D eigenvalue weighted by Gasteiger charge is -2.05. The summed E-state index contributed by atoms with van der Waals surface area (Å²) in [4.78, 5) is 18.3. The fourth-order valence-corrected chi connectivity index (χ4v) is 4.63. The second-order valence-electron chi connectivity index (χ2n) is 6.81.